The minimum Gasteiger partial charge on any atom is -0.462 e. The molecule has 6 atom stereocenters. The molecule has 17 nitrogen and oxygen atoms in total. The lowest BCUT2D eigenvalue weighted by atomic mass is 10.00. The van der Waals surface area contributed by atoms with E-state index in [0.717, 1.165) is 121 Å². The van der Waals surface area contributed by atoms with Crippen molar-refractivity contribution in [2.75, 3.05) is 39.6 Å². The fourth-order valence-electron chi connectivity index (χ4n) is 9.09. The van der Waals surface area contributed by atoms with Crippen LogP contribution in [0.25, 0.3) is 0 Å². The topological polar surface area (TPSA) is 237 Å². The van der Waals surface area contributed by atoms with E-state index in [2.05, 4.69) is 48.5 Å². The van der Waals surface area contributed by atoms with Gasteiger partial charge < -0.3 is 33.8 Å². The van der Waals surface area contributed by atoms with Gasteiger partial charge in [-0.2, -0.15) is 0 Å². The fraction of sp³-hybridized carbons (Fsp3) is 0.935. The highest BCUT2D eigenvalue weighted by atomic mass is 31.2. The summed E-state index contributed by atoms with van der Waals surface area (Å²) in [4.78, 5) is 72.0. The lowest BCUT2D eigenvalue weighted by Crippen LogP contribution is -2.30. The second-order valence-electron chi connectivity index (χ2n) is 23.6. The van der Waals surface area contributed by atoms with Gasteiger partial charge in [0, 0.05) is 25.7 Å². The van der Waals surface area contributed by atoms with Crippen molar-refractivity contribution < 1.29 is 80.2 Å². The lowest BCUT2D eigenvalue weighted by Gasteiger charge is -2.21. The van der Waals surface area contributed by atoms with Crippen molar-refractivity contribution in [2.24, 2.45) is 17.8 Å². The van der Waals surface area contributed by atoms with E-state index in [9.17, 15) is 43.2 Å². The van der Waals surface area contributed by atoms with Gasteiger partial charge in [-0.1, -0.05) is 248 Å². The Labute approximate surface area is 492 Å². The molecule has 0 aliphatic rings. The Morgan fingerprint density at radius 3 is 0.938 bits per heavy atom. The number of hydrogen-bond acceptors (Lipinski definition) is 15. The number of aliphatic hydroxyl groups excluding tert-OH is 1. The standard InChI is InChI=1S/C62H120O17P2/c1-8-10-11-12-19-29-36-43-59(64)72-49-58(79-62(67)46-39-32-24-22-27-34-41-54(5)6)52-77-81(70,71)75-48-56(63)47-74-80(68,69)76-51-57(50-73-60(65)44-37-30-25-23-28-35-42-55(7)9-2)78-61(66)45-38-31-21-18-16-14-13-15-17-20-26-33-40-53(3)4/h53-58,63H,8-52H2,1-7H3,(H,68,69)(H,70,71)/t55?,56-,57-,58-/m1/s1. The third-order valence-corrected chi connectivity index (χ3v) is 16.4. The molecule has 3 unspecified atom stereocenters. The van der Waals surface area contributed by atoms with Crippen LogP contribution in [0.1, 0.15) is 299 Å². The van der Waals surface area contributed by atoms with Gasteiger partial charge in [-0.15, -0.1) is 0 Å². The van der Waals surface area contributed by atoms with Crippen LogP contribution in [0, 0.1) is 17.8 Å². The van der Waals surface area contributed by atoms with Crippen LogP contribution in [0.15, 0.2) is 0 Å². The zero-order chi connectivity index (χ0) is 60.3. The second kappa shape index (κ2) is 53.5. The maximum absolute atomic E-state index is 13.0. The molecule has 0 heterocycles. The molecule has 0 aliphatic heterocycles. The Hall–Kier alpha value is -1.94. The van der Waals surface area contributed by atoms with Crippen molar-refractivity contribution in [3.8, 4) is 0 Å². The number of carbonyl (C=O) groups excluding carboxylic acids is 4. The molecular formula is C62H120O17P2. The lowest BCUT2D eigenvalue weighted by molar-refractivity contribution is -0.161. The number of phosphoric ester groups is 2. The molecule has 19 heteroatoms. The predicted molar refractivity (Wildman–Crippen MR) is 321 cm³/mol. The van der Waals surface area contributed by atoms with Crippen LogP contribution in [0.3, 0.4) is 0 Å². The third kappa shape index (κ3) is 55.7. The minimum atomic E-state index is -4.94. The second-order valence-corrected chi connectivity index (χ2v) is 26.5. The molecule has 0 aromatic carbocycles. The minimum absolute atomic E-state index is 0.101. The normalized spacial score (nSPS) is 14.8. The molecule has 81 heavy (non-hydrogen) atoms. The van der Waals surface area contributed by atoms with Gasteiger partial charge in [0.15, 0.2) is 12.2 Å². The van der Waals surface area contributed by atoms with Gasteiger partial charge in [0.25, 0.3) is 0 Å². The summed E-state index contributed by atoms with van der Waals surface area (Å²) in [7, 11) is -9.88. The van der Waals surface area contributed by atoms with Crippen molar-refractivity contribution in [3.05, 3.63) is 0 Å². The first-order valence-corrected chi connectivity index (χ1v) is 35.4. The number of phosphoric acid groups is 2. The van der Waals surface area contributed by atoms with Crippen molar-refractivity contribution in [3.63, 3.8) is 0 Å². The summed E-state index contributed by atoms with van der Waals surface area (Å²) in [5, 5.41) is 10.5. The molecular weight excluding hydrogens is 1080 g/mol. The number of carbonyl (C=O) groups is 4. The molecule has 3 N–H and O–H groups in total. The molecule has 0 aromatic heterocycles. The Kier molecular flexibility index (Phi) is 52.2. The van der Waals surface area contributed by atoms with Gasteiger partial charge in [-0.05, 0) is 43.4 Å². The van der Waals surface area contributed by atoms with E-state index in [1.165, 1.54) is 89.9 Å². The molecule has 0 radical (unpaired) electrons. The zero-order valence-corrected chi connectivity index (χ0v) is 54.0. The quantitative estimate of drug-likeness (QED) is 0.0222. The summed E-state index contributed by atoms with van der Waals surface area (Å²) in [6.45, 7) is 11.6. The first-order chi connectivity index (χ1) is 38.8. The van der Waals surface area contributed by atoms with Gasteiger partial charge in [-0.25, -0.2) is 9.13 Å². The van der Waals surface area contributed by atoms with Crippen molar-refractivity contribution in [1.82, 2.24) is 0 Å². The Morgan fingerprint density at radius 2 is 0.630 bits per heavy atom. The van der Waals surface area contributed by atoms with E-state index in [1.807, 2.05) is 0 Å². The number of rotatable bonds is 60. The molecule has 0 saturated carbocycles. The predicted octanol–water partition coefficient (Wildman–Crippen LogP) is 16.7. The summed E-state index contributed by atoms with van der Waals surface area (Å²) in [5.74, 6) is 0.0298. The summed E-state index contributed by atoms with van der Waals surface area (Å²) in [6.07, 6.45) is 33.8. The number of hydrogen-bond donors (Lipinski definition) is 3. The zero-order valence-electron chi connectivity index (χ0n) is 52.2. The number of aliphatic hydroxyl groups is 1. The van der Waals surface area contributed by atoms with E-state index in [1.54, 1.807) is 0 Å². The highest BCUT2D eigenvalue weighted by molar-refractivity contribution is 7.47. The fourth-order valence-corrected chi connectivity index (χ4v) is 10.7. The van der Waals surface area contributed by atoms with E-state index in [4.69, 9.17) is 37.0 Å². The summed E-state index contributed by atoms with van der Waals surface area (Å²) in [5.41, 5.74) is 0. The van der Waals surface area contributed by atoms with E-state index in [-0.39, 0.29) is 25.7 Å². The summed E-state index contributed by atoms with van der Waals surface area (Å²) in [6, 6.07) is 0. The van der Waals surface area contributed by atoms with Gasteiger partial charge >= 0.3 is 39.5 Å². The van der Waals surface area contributed by atoms with Crippen LogP contribution in [-0.2, 0) is 65.4 Å². The average Bonchev–Trinajstić information content (AvgIpc) is 3.42. The monoisotopic (exact) mass is 1200 g/mol. The highest BCUT2D eigenvalue weighted by Gasteiger charge is 2.30. The third-order valence-electron chi connectivity index (χ3n) is 14.5. The van der Waals surface area contributed by atoms with Crippen LogP contribution in [0.2, 0.25) is 0 Å². The van der Waals surface area contributed by atoms with E-state index in [0.29, 0.717) is 31.6 Å². The highest BCUT2D eigenvalue weighted by Crippen LogP contribution is 2.45. The SMILES string of the molecule is CCCCCCCCCC(=O)OC[C@H](COP(=O)(O)OC[C@H](O)COP(=O)(O)OC[C@@H](COC(=O)CCCCCCCCC(C)CC)OC(=O)CCCCCCCCCCCCCCC(C)C)OC(=O)CCCCCCCCC(C)C. The number of ether oxygens (including phenoxy) is 4. The number of unbranched alkanes of at least 4 members (excludes halogenated alkanes) is 27. The van der Waals surface area contributed by atoms with Gasteiger partial charge in [0.1, 0.15) is 19.3 Å². The Bertz CT molecular complexity index is 1620. The maximum Gasteiger partial charge on any atom is 0.472 e. The van der Waals surface area contributed by atoms with Crippen molar-refractivity contribution in [2.45, 2.75) is 317 Å². The molecule has 0 aliphatic carbocycles. The molecule has 0 amide bonds. The molecule has 0 aromatic rings. The summed E-state index contributed by atoms with van der Waals surface area (Å²) >= 11 is 0. The molecule has 480 valence electrons. The molecule has 0 rings (SSSR count). The van der Waals surface area contributed by atoms with E-state index >= 15 is 0 Å². The first kappa shape index (κ1) is 79.1. The van der Waals surface area contributed by atoms with Crippen LogP contribution in [-0.4, -0.2) is 96.7 Å². The first-order valence-electron chi connectivity index (χ1n) is 32.4. The number of esters is 4. The van der Waals surface area contributed by atoms with Gasteiger partial charge in [0.05, 0.1) is 26.4 Å². The van der Waals surface area contributed by atoms with Crippen molar-refractivity contribution >= 4 is 39.5 Å². The van der Waals surface area contributed by atoms with Gasteiger partial charge in [-0.3, -0.25) is 37.3 Å². The van der Waals surface area contributed by atoms with Crippen LogP contribution in [0.4, 0.5) is 0 Å². The van der Waals surface area contributed by atoms with E-state index < -0.39 is 97.5 Å². The average molecular weight is 1200 g/mol. The Balaban J connectivity index is 5.21. The molecule has 0 saturated heterocycles. The van der Waals surface area contributed by atoms with Crippen LogP contribution < -0.4 is 0 Å². The van der Waals surface area contributed by atoms with Crippen LogP contribution in [0.5, 0.6) is 0 Å². The molecule has 0 spiro atoms. The van der Waals surface area contributed by atoms with Gasteiger partial charge in [0.2, 0.25) is 0 Å². The van der Waals surface area contributed by atoms with Crippen LogP contribution >= 0.6 is 15.6 Å². The Morgan fingerprint density at radius 1 is 0.358 bits per heavy atom. The smallest absolute Gasteiger partial charge is 0.462 e. The summed E-state index contributed by atoms with van der Waals surface area (Å²) < 4.78 is 67.8. The molecule has 0 fully saturated rings. The van der Waals surface area contributed by atoms with Crippen molar-refractivity contribution in [1.29, 1.82) is 0 Å². The maximum atomic E-state index is 13.0. The largest absolute Gasteiger partial charge is 0.472 e. The molecule has 0 bridgehead atoms.